The molecular weight excluding hydrogens is 346 g/mol. The average Bonchev–Trinajstić information content (AvgIpc) is 2.70. The zero-order chi connectivity index (χ0) is 19.2. The van der Waals surface area contributed by atoms with Crippen LogP contribution in [0.4, 0.5) is 4.79 Å². The standard InChI is InChI=1S/C20H29N3O4/c1-14-18(7-5-12-21-14)27-16-10-8-15(9-11-16)22-19(24)17-6-3-4-13-23(17)20(25)26-2/h5,7,12,15-17H,3-4,6,8-11,13H2,1-2H3,(H,22,24). The number of ether oxygens (including phenoxy) is 2. The first-order valence-corrected chi connectivity index (χ1v) is 9.81. The zero-order valence-electron chi connectivity index (χ0n) is 16.1. The molecule has 7 nitrogen and oxygen atoms in total. The summed E-state index contributed by atoms with van der Waals surface area (Å²) in [7, 11) is 1.36. The van der Waals surface area contributed by atoms with Gasteiger partial charge in [0.25, 0.3) is 0 Å². The maximum absolute atomic E-state index is 12.7. The summed E-state index contributed by atoms with van der Waals surface area (Å²) in [4.78, 5) is 30.4. The van der Waals surface area contributed by atoms with Crippen molar-refractivity contribution in [1.29, 1.82) is 0 Å². The van der Waals surface area contributed by atoms with E-state index in [4.69, 9.17) is 9.47 Å². The number of likely N-dealkylation sites (tertiary alicyclic amines) is 1. The SMILES string of the molecule is COC(=O)N1CCCCC1C(=O)NC1CCC(Oc2cccnc2C)CC1. The quantitative estimate of drug-likeness (QED) is 0.875. The van der Waals surface area contributed by atoms with Gasteiger partial charge in [-0.2, -0.15) is 0 Å². The van der Waals surface area contributed by atoms with Gasteiger partial charge in [-0.3, -0.25) is 14.7 Å². The number of methoxy groups -OCH3 is 1. The Kier molecular flexibility index (Phi) is 6.53. The highest BCUT2D eigenvalue weighted by atomic mass is 16.5. The number of hydrogen-bond donors (Lipinski definition) is 1. The summed E-state index contributed by atoms with van der Waals surface area (Å²) >= 11 is 0. The van der Waals surface area contributed by atoms with Crippen molar-refractivity contribution in [3.05, 3.63) is 24.0 Å². The number of nitrogens with zero attached hydrogens (tertiary/aromatic N) is 2. The molecule has 1 aromatic heterocycles. The number of pyridine rings is 1. The smallest absolute Gasteiger partial charge is 0.410 e. The summed E-state index contributed by atoms with van der Waals surface area (Å²) < 4.78 is 10.9. The van der Waals surface area contributed by atoms with E-state index in [0.717, 1.165) is 50.0 Å². The second-order valence-corrected chi connectivity index (χ2v) is 7.36. The third kappa shape index (κ3) is 4.90. The molecule has 1 aliphatic carbocycles. The van der Waals surface area contributed by atoms with Gasteiger partial charge < -0.3 is 14.8 Å². The summed E-state index contributed by atoms with van der Waals surface area (Å²) in [6, 6.07) is 3.54. The number of carbonyl (C=O) groups is 2. The Balaban J connectivity index is 1.49. The van der Waals surface area contributed by atoms with Crippen molar-refractivity contribution in [2.24, 2.45) is 0 Å². The van der Waals surface area contributed by atoms with Crippen LogP contribution in [0.3, 0.4) is 0 Å². The first-order chi connectivity index (χ1) is 13.1. The molecule has 1 unspecified atom stereocenters. The first-order valence-electron chi connectivity index (χ1n) is 9.81. The topological polar surface area (TPSA) is 80.8 Å². The van der Waals surface area contributed by atoms with Gasteiger partial charge >= 0.3 is 6.09 Å². The minimum absolute atomic E-state index is 0.0624. The second-order valence-electron chi connectivity index (χ2n) is 7.36. The number of rotatable bonds is 4. The van der Waals surface area contributed by atoms with E-state index in [1.165, 1.54) is 7.11 Å². The molecule has 0 aromatic carbocycles. The third-order valence-corrected chi connectivity index (χ3v) is 5.49. The van der Waals surface area contributed by atoms with Gasteiger partial charge in [-0.05, 0) is 64.0 Å². The van der Waals surface area contributed by atoms with Gasteiger partial charge in [0, 0.05) is 18.8 Å². The number of hydrogen-bond acceptors (Lipinski definition) is 5. The highest BCUT2D eigenvalue weighted by Crippen LogP contribution is 2.26. The highest BCUT2D eigenvalue weighted by Gasteiger charge is 2.34. The van der Waals surface area contributed by atoms with Crippen LogP contribution < -0.4 is 10.1 Å². The number of aryl methyl sites for hydroxylation is 1. The lowest BCUT2D eigenvalue weighted by Gasteiger charge is -2.35. The minimum atomic E-state index is -0.418. The Hall–Kier alpha value is -2.31. The predicted molar refractivity (Wildman–Crippen MR) is 101 cm³/mol. The Morgan fingerprint density at radius 3 is 2.67 bits per heavy atom. The normalized spacial score (nSPS) is 25.6. The predicted octanol–water partition coefficient (Wildman–Crippen LogP) is 2.82. The van der Waals surface area contributed by atoms with Gasteiger partial charge in [-0.25, -0.2) is 4.79 Å². The second kappa shape index (κ2) is 9.06. The number of carbonyl (C=O) groups excluding carboxylic acids is 2. The van der Waals surface area contributed by atoms with Gasteiger partial charge in [-0.1, -0.05) is 0 Å². The van der Waals surface area contributed by atoms with Crippen molar-refractivity contribution in [3.8, 4) is 5.75 Å². The molecule has 1 N–H and O–H groups in total. The van der Waals surface area contributed by atoms with Crippen LogP contribution in [0.15, 0.2) is 18.3 Å². The van der Waals surface area contributed by atoms with Gasteiger partial charge in [0.15, 0.2) is 0 Å². The minimum Gasteiger partial charge on any atom is -0.489 e. The Morgan fingerprint density at radius 1 is 1.19 bits per heavy atom. The lowest BCUT2D eigenvalue weighted by Crippen LogP contribution is -2.54. The van der Waals surface area contributed by atoms with Crippen LogP contribution in [0.25, 0.3) is 0 Å². The number of amides is 2. The van der Waals surface area contributed by atoms with E-state index in [1.807, 2.05) is 19.1 Å². The number of aromatic nitrogens is 1. The summed E-state index contributed by atoms with van der Waals surface area (Å²) in [6.45, 7) is 2.52. The molecule has 2 amide bonds. The molecule has 1 atom stereocenters. The van der Waals surface area contributed by atoms with Crippen LogP contribution in [-0.2, 0) is 9.53 Å². The molecule has 0 spiro atoms. The first kappa shape index (κ1) is 19.5. The molecular formula is C20H29N3O4. The van der Waals surface area contributed by atoms with Crippen molar-refractivity contribution < 1.29 is 19.1 Å². The summed E-state index contributed by atoms with van der Waals surface area (Å²) in [5.41, 5.74) is 0.896. The van der Waals surface area contributed by atoms with Crippen LogP contribution in [0, 0.1) is 6.92 Å². The molecule has 148 valence electrons. The maximum Gasteiger partial charge on any atom is 0.410 e. The fraction of sp³-hybridized carbons (Fsp3) is 0.650. The summed E-state index contributed by atoms with van der Waals surface area (Å²) in [5.74, 6) is 0.772. The maximum atomic E-state index is 12.7. The van der Waals surface area contributed by atoms with E-state index >= 15 is 0 Å². The molecule has 3 rings (SSSR count). The van der Waals surface area contributed by atoms with Crippen LogP contribution in [-0.4, -0.2) is 53.7 Å². The molecule has 27 heavy (non-hydrogen) atoms. The lowest BCUT2D eigenvalue weighted by molar-refractivity contribution is -0.128. The van der Waals surface area contributed by atoms with Crippen LogP contribution >= 0.6 is 0 Å². The molecule has 0 radical (unpaired) electrons. The van der Waals surface area contributed by atoms with Crippen molar-refractivity contribution in [1.82, 2.24) is 15.2 Å². The van der Waals surface area contributed by atoms with Crippen molar-refractivity contribution in [2.45, 2.75) is 70.1 Å². The fourth-order valence-corrected chi connectivity index (χ4v) is 3.94. The van der Waals surface area contributed by atoms with Crippen LogP contribution in [0.2, 0.25) is 0 Å². The largest absolute Gasteiger partial charge is 0.489 e. The average molecular weight is 375 g/mol. The van der Waals surface area contributed by atoms with Gasteiger partial charge in [0.05, 0.1) is 18.9 Å². The Morgan fingerprint density at radius 2 is 1.96 bits per heavy atom. The van der Waals surface area contributed by atoms with E-state index in [2.05, 4.69) is 10.3 Å². The third-order valence-electron chi connectivity index (χ3n) is 5.49. The zero-order valence-corrected chi connectivity index (χ0v) is 16.1. The number of piperidine rings is 1. The molecule has 1 saturated carbocycles. The Labute approximate surface area is 160 Å². The van der Waals surface area contributed by atoms with E-state index in [-0.39, 0.29) is 18.1 Å². The van der Waals surface area contributed by atoms with Gasteiger partial charge in [0.1, 0.15) is 11.8 Å². The summed E-state index contributed by atoms with van der Waals surface area (Å²) in [6.07, 6.45) is 7.60. The van der Waals surface area contributed by atoms with Crippen molar-refractivity contribution in [3.63, 3.8) is 0 Å². The molecule has 2 heterocycles. The Bertz CT molecular complexity index is 658. The number of nitrogens with one attached hydrogen (secondary N) is 1. The van der Waals surface area contributed by atoms with E-state index in [0.29, 0.717) is 13.0 Å². The van der Waals surface area contributed by atoms with Crippen LogP contribution in [0.1, 0.15) is 50.6 Å². The molecule has 1 aliphatic heterocycles. The summed E-state index contributed by atoms with van der Waals surface area (Å²) in [5, 5.41) is 3.14. The monoisotopic (exact) mass is 375 g/mol. The van der Waals surface area contributed by atoms with E-state index in [1.54, 1.807) is 11.1 Å². The van der Waals surface area contributed by atoms with Crippen LogP contribution in [0.5, 0.6) is 5.75 Å². The molecule has 7 heteroatoms. The molecule has 0 bridgehead atoms. The van der Waals surface area contributed by atoms with Crippen molar-refractivity contribution in [2.75, 3.05) is 13.7 Å². The van der Waals surface area contributed by atoms with Crippen molar-refractivity contribution >= 4 is 12.0 Å². The lowest BCUT2D eigenvalue weighted by atomic mass is 9.92. The van der Waals surface area contributed by atoms with Gasteiger partial charge in [0.2, 0.25) is 5.91 Å². The van der Waals surface area contributed by atoms with Gasteiger partial charge in [-0.15, -0.1) is 0 Å². The van der Waals surface area contributed by atoms with E-state index < -0.39 is 12.1 Å². The molecule has 2 aliphatic rings. The van der Waals surface area contributed by atoms with E-state index in [9.17, 15) is 9.59 Å². The molecule has 1 saturated heterocycles. The highest BCUT2D eigenvalue weighted by molar-refractivity contribution is 5.86. The fourth-order valence-electron chi connectivity index (χ4n) is 3.94. The molecule has 1 aromatic rings. The molecule has 2 fully saturated rings.